The van der Waals surface area contributed by atoms with E-state index in [9.17, 15) is 22.0 Å². The number of rotatable bonds is 6. The molecule has 0 heterocycles. The molecule has 0 aliphatic heterocycles. The molecule has 1 aliphatic rings. The number of carbonyl (C=O) groups is 1. The van der Waals surface area contributed by atoms with Crippen LogP contribution in [-0.2, 0) is 14.8 Å². The number of nitrogens with zero attached hydrogens (tertiary/aromatic N) is 1. The Balaban J connectivity index is 1.88. The average Bonchev–Trinajstić information content (AvgIpc) is 3.19. The Morgan fingerprint density at radius 3 is 2.64 bits per heavy atom. The third-order valence-corrected chi connectivity index (χ3v) is 4.40. The predicted molar refractivity (Wildman–Crippen MR) is 77.7 cm³/mol. The molecule has 0 saturated heterocycles. The quantitative estimate of drug-likeness (QED) is 0.848. The average molecular weight is 332 g/mol. The van der Waals surface area contributed by atoms with Gasteiger partial charge >= 0.3 is 0 Å². The van der Waals surface area contributed by atoms with E-state index in [1.165, 1.54) is 11.0 Å². The van der Waals surface area contributed by atoms with Crippen molar-refractivity contribution in [1.29, 1.82) is 0 Å². The van der Waals surface area contributed by atoms with Gasteiger partial charge in [-0.3, -0.25) is 4.79 Å². The van der Waals surface area contributed by atoms with E-state index in [0.717, 1.165) is 18.4 Å². The summed E-state index contributed by atoms with van der Waals surface area (Å²) in [6, 6.07) is 3.67. The topological polar surface area (TPSA) is 66.5 Å². The minimum absolute atomic E-state index is 0.104. The molecule has 22 heavy (non-hydrogen) atoms. The van der Waals surface area contributed by atoms with Crippen LogP contribution in [0.4, 0.5) is 8.78 Å². The van der Waals surface area contributed by atoms with Gasteiger partial charge in [0.1, 0.15) is 0 Å². The molecule has 5 nitrogen and oxygen atoms in total. The highest BCUT2D eigenvalue weighted by Gasteiger charge is 2.45. The van der Waals surface area contributed by atoms with E-state index in [0.29, 0.717) is 12.0 Å². The molecule has 8 heteroatoms. The van der Waals surface area contributed by atoms with Crippen LogP contribution in [0, 0.1) is 17.6 Å². The lowest BCUT2D eigenvalue weighted by Crippen LogP contribution is -2.36. The molecule has 1 saturated carbocycles. The molecule has 2 unspecified atom stereocenters. The third kappa shape index (κ3) is 4.23. The van der Waals surface area contributed by atoms with Gasteiger partial charge < -0.3 is 4.90 Å². The second kappa shape index (κ2) is 6.29. The Morgan fingerprint density at radius 2 is 2.05 bits per heavy atom. The van der Waals surface area contributed by atoms with Crippen molar-refractivity contribution in [1.82, 2.24) is 9.62 Å². The summed E-state index contributed by atoms with van der Waals surface area (Å²) in [7, 11) is -1.69. The summed E-state index contributed by atoms with van der Waals surface area (Å²) < 4.78 is 50.3. The number of sulfonamides is 1. The molecule has 122 valence electrons. The van der Waals surface area contributed by atoms with Gasteiger partial charge in [-0.2, -0.15) is 0 Å². The van der Waals surface area contributed by atoms with Crippen LogP contribution in [0.1, 0.15) is 17.9 Å². The standard InChI is InChI=1S/C14H18F2N2O3S/c1-18(6-5-17-22(2,20)21)14(19)11-8-10(11)9-3-4-12(15)13(16)7-9/h3-4,7,10-11,17H,5-6,8H2,1-2H3. The molecule has 0 radical (unpaired) electrons. The van der Waals surface area contributed by atoms with E-state index in [1.54, 1.807) is 7.05 Å². The third-order valence-electron chi connectivity index (χ3n) is 3.67. The smallest absolute Gasteiger partial charge is 0.226 e. The van der Waals surface area contributed by atoms with Crippen LogP contribution in [0.2, 0.25) is 0 Å². The fourth-order valence-electron chi connectivity index (χ4n) is 2.37. The number of nitrogens with one attached hydrogen (secondary N) is 1. The van der Waals surface area contributed by atoms with E-state index >= 15 is 0 Å². The van der Waals surface area contributed by atoms with Gasteiger partial charge in [0.2, 0.25) is 15.9 Å². The monoisotopic (exact) mass is 332 g/mol. The number of likely N-dealkylation sites (N-methyl/N-ethyl adjacent to an activating group) is 1. The highest BCUT2D eigenvalue weighted by atomic mass is 32.2. The summed E-state index contributed by atoms with van der Waals surface area (Å²) in [5.74, 6) is -2.30. The molecule has 0 aromatic heterocycles. The number of carbonyl (C=O) groups excluding carboxylic acids is 1. The largest absolute Gasteiger partial charge is 0.344 e. The van der Waals surface area contributed by atoms with E-state index in [-0.39, 0.29) is 30.8 Å². The Hall–Kier alpha value is -1.54. The molecule has 1 aliphatic carbocycles. The molecule has 1 aromatic carbocycles. The van der Waals surface area contributed by atoms with Gasteiger partial charge in [0.15, 0.2) is 11.6 Å². The normalized spacial score (nSPS) is 20.7. The van der Waals surface area contributed by atoms with Crippen LogP contribution < -0.4 is 4.72 Å². The molecule has 1 amide bonds. The zero-order chi connectivity index (χ0) is 16.5. The van der Waals surface area contributed by atoms with Crippen molar-refractivity contribution < 1.29 is 22.0 Å². The molecule has 2 rings (SSSR count). The van der Waals surface area contributed by atoms with E-state index in [4.69, 9.17) is 0 Å². The number of amides is 1. The van der Waals surface area contributed by atoms with E-state index in [1.807, 2.05) is 0 Å². The van der Waals surface area contributed by atoms with Crippen LogP contribution in [0.3, 0.4) is 0 Å². The Kier molecular flexibility index (Phi) is 4.81. The molecule has 1 fully saturated rings. The van der Waals surface area contributed by atoms with Crippen molar-refractivity contribution in [3.8, 4) is 0 Å². The van der Waals surface area contributed by atoms with Gasteiger partial charge in [-0.15, -0.1) is 0 Å². The van der Waals surface area contributed by atoms with Gasteiger partial charge in [0.05, 0.1) is 6.26 Å². The van der Waals surface area contributed by atoms with E-state index < -0.39 is 21.7 Å². The maximum atomic E-state index is 13.2. The first-order valence-electron chi connectivity index (χ1n) is 6.83. The molecule has 1 aromatic rings. The minimum Gasteiger partial charge on any atom is -0.344 e. The van der Waals surface area contributed by atoms with Crippen molar-refractivity contribution in [3.63, 3.8) is 0 Å². The minimum atomic E-state index is -3.28. The van der Waals surface area contributed by atoms with Gasteiger partial charge in [-0.05, 0) is 30.0 Å². The maximum absolute atomic E-state index is 13.2. The van der Waals surface area contributed by atoms with Crippen molar-refractivity contribution in [3.05, 3.63) is 35.4 Å². The van der Waals surface area contributed by atoms with Crippen LogP contribution >= 0.6 is 0 Å². The van der Waals surface area contributed by atoms with Crippen LogP contribution in [0.15, 0.2) is 18.2 Å². The summed E-state index contributed by atoms with van der Waals surface area (Å²) in [4.78, 5) is 13.6. The zero-order valence-electron chi connectivity index (χ0n) is 12.3. The first-order chi connectivity index (χ1) is 10.2. The SMILES string of the molecule is CN(CCNS(C)(=O)=O)C(=O)C1CC1c1ccc(F)c(F)c1. The number of benzene rings is 1. The second-order valence-electron chi connectivity index (χ2n) is 5.55. The lowest BCUT2D eigenvalue weighted by molar-refractivity contribution is -0.131. The fraction of sp³-hybridized carbons (Fsp3) is 0.500. The Bertz CT molecular complexity index is 679. The fourth-order valence-corrected chi connectivity index (χ4v) is 2.83. The van der Waals surface area contributed by atoms with Crippen LogP contribution in [0.5, 0.6) is 0 Å². The van der Waals surface area contributed by atoms with Gasteiger partial charge in [-0.1, -0.05) is 6.07 Å². The molecule has 2 atom stereocenters. The Labute approximate surface area is 128 Å². The number of hydrogen-bond donors (Lipinski definition) is 1. The van der Waals surface area contributed by atoms with Crippen molar-refractivity contribution in [2.45, 2.75) is 12.3 Å². The Morgan fingerprint density at radius 1 is 1.36 bits per heavy atom. The zero-order valence-corrected chi connectivity index (χ0v) is 13.2. The summed E-state index contributed by atoms with van der Waals surface area (Å²) in [5.41, 5.74) is 0.611. The van der Waals surface area contributed by atoms with Gasteiger partial charge in [0.25, 0.3) is 0 Å². The lowest BCUT2D eigenvalue weighted by Gasteiger charge is -2.17. The highest BCUT2D eigenvalue weighted by Crippen LogP contribution is 2.48. The number of hydrogen-bond acceptors (Lipinski definition) is 3. The van der Waals surface area contributed by atoms with Gasteiger partial charge in [0, 0.05) is 26.1 Å². The summed E-state index contributed by atoms with van der Waals surface area (Å²) >= 11 is 0. The molecule has 0 bridgehead atoms. The van der Waals surface area contributed by atoms with Crippen molar-refractivity contribution in [2.24, 2.45) is 5.92 Å². The summed E-state index contributed by atoms with van der Waals surface area (Å²) in [6.07, 6.45) is 1.64. The van der Waals surface area contributed by atoms with E-state index in [2.05, 4.69) is 4.72 Å². The van der Waals surface area contributed by atoms with Gasteiger partial charge in [-0.25, -0.2) is 21.9 Å². The number of halogens is 2. The van der Waals surface area contributed by atoms with Crippen molar-refractivity contribution in [2.75, 3.05) is 26.4 Å². The first kappa shape index (κ1) is 16.8. The van der Waals surface area contributed by atoms with Crippen molar-refractivity contribution >= 4 is 15.9 Å². The molecule has 1 N–H and O–H groups in total. The molecular weight excluding hydrogens is 314 g/mol. The maximum Gasteiger partial charge on any atom is 0.226 e. The molecule has 0 spiro atoms. The lowest BCUT2D eigenvalue weighted by atomic mass is 10.1. The van der Waals surface area contributed by atoms with Crippen LogP contribution in [-0.4, -0.2) is 45.6 Å². The molecular formula is C14H18F2N2O3S. The second-order valence-corrected chi connectivity index (χ2v) is 7.38. The predicted octanol–water partition coefficient (Wildman–Crippen LogP) is 1.08. The van der Waals surface area contributed by atoms with Crippen LogP contribution in [0.25, 0.3) is 0 Å². The summed E-state index contributed by atoms with van der Waals surface area (Å²) in [5, 5.41) is 0. The summed E-state index contributed by atoms with van der Waals surface area (Å²) in [6.45, 7) is 0.399. The first-order valence-corrected chi connectivity index (χ1v) is 8.73. The highest BCUT2D eigenvalue weighted by molar-refractivity contribution is 7.88.